The van der Waals surface area contributed by atoms with E-state index < -0.39 is 21.4 Å². The fraction of sp³-hybridized carbons (Fsp3) is 0.167. The molecule has 0 atom stereocenters. The minimum absolute atomic E-state index is 0.446. The van der Waals surface area contributed by atoms with Crippen molar-refractivity contribution in [2.45, 2.75) is 5.09 Å². The largest absolute Gasteiger partial charge is 0.524 e. The first-order valence-electron chi connectivity index (χ1n) is 3.12. The van der Waals surface area contributed by atoms with Gasteiger partial charge < -0.3 is 13.3 Å². The molecule has 0 amide bonds. The maximum absolute atomic E-state index is 11.0. The number of methoxy groups -OCH3 is 1. The lowest BCUT2D eigenvalue weighted by Crippen LogP contribution is -2.12. The normalized spacial score (nSPS) is 10.8. The molecule has 0 aromatic carbocycles. The van der Waals surface area contributed by atoms with E-state index in [4.69, 9.17) is 0 Å². The highest BCUT2D eigenvalue weighted by Crippen LogP contribution is 2.12. The Kier molecular flexibility index (Phi) is 2.57. The molecular weight excluding hydrogens is 200 g/mol. The molecule has 13 heavy (non-hydrogen) atoms. The highest BCUT2D eigenvalue weighted by Gasteiger charge is 2.23. The molecule has 6 nitrogen and oxygen atoms in total. The summed E-state index contributed by atoms with van der Waals surface area (Å²) < 4.78 is 34.6. The van der Waals surface area contributed by atoms with E-state index in [9.17, 15) is 13.2 Å². The molecule has 72 valence electrons. The topological polar surface area (TPSA) is 82.8 Å². The molecule has 0 bridgehead atoms. The van der Waals surface area contributed by atoms with E-state index >= 15 is 0 Å². The van der Waals surface area contributed by atoms with E-state index in [1.165, 1.54) is 6.07 Å². The van der Waals surface area contributed by atoms with Crippen LogP contribution >= 0.6 is 0 Å². The molecule has 1 heterocycles. The molecule has 0 fully saturated rings. The second-order valence-corrected chi connectivity index (χ2v) is 3.40. The van der Waals surface area contributed by atoms with Crippen molar-refractivity contribution in [1.82, 2.24) is 0 Å². The molecule has 0 aliphatic rings. The Bertz CT molecular complexity index is 375. The van der Waals surface area contributed by atoms with Crippen LogP contribution in [0.15, 0.2) is 27.9 Å². The summed E-state index contributed by atoms with van der Waals surface area (Å²) in [6.07, 6.45) is -0.163. The summed E-state index contributed by atoms with van der Waals surface area (Å²) in [7, 11) is -3.17. The number of ether oxygens (including phenoxy) is 1. The van der Waals surface area contributed by atoms with Crippen LogP contribution in [0, 0.1) is 0 Å². The quantitative estimate of drug-likeness (QED) is 0.524. The lowest BCUT2D eigenvalue weighted by atomic mass is 10.7. The van der Waals surface area contributed by atoms with Gasteiger partial charge in [-0.1, -0.05) is 0 Å². The van der Waals surface area contributed by atoms with Crippen LogP contribution in [0.5, 0.6) is 0 Å². The predicted octanol–water partition coefficient (Wildman–Crippen LogP) is 0.751. The number of carbonyl (C=O) groups is 1. The molecule has 0 N–H and O–H groups in total. The third kappa shape index (κ3) is 2.22. The lowest BCUT2D eigenvalue weighted by Gasteiger charge is -1.99. The van der Waals surface area contributed by atoms with Gasteiger partial charge >= 0.3 is 16.3 Å². The summed E-state index contributed by atoms with van der Waals surface area (Å²) in [6.45, 7) is 0. The summed E-state index contributed by atoms with van der Waals surface area (Å²) in [4.78, 5) is 10.5. The van der Waals surface area contributed by atoms with Gasteiger partial charge in [0.2, 0.25) is 0 Å². The Balaban J connectivity index is 2.86. The summed E-state index contributed by atoms with van der Waals surface area (Å²) >= 11 is 0. The van der Waals surface area contributed by atoms with Crippen LogP contribution in [0.1, 0.15) is 0 Å². The van der Waals surface area contributed by atoms with Crippen molar-refractivity contribution in [3.63, 3.8) is 0 Å². The van der Waals surface area contributed by atoms with Gasteiger partial charge in [0.1, 0.15) is 0 Å². The average Bonchev–Trinajstić information content (AvgIpc) is 2.55. The first-order valence-corrected chi connectivity index (χ1v) is 4.53. The number of carbonyl (C=O) groups excluding carboxylic acids is 1. The maximum Gasteiger partial charge on any atom is 0.524 e. The van der Waals surface area contributed by atoms with Gasteiger partial charge in [-0.3, -0.25) is 0 Å². The first-order chi connectivity index (χ1) is 6.06. The zero-order chi connectivity index (χ0) is 9.90. The molecule has 0 aliphatic heterocycles. The van der Waals surface area contributed by atoms with Crippen molar-refractivity contribution in [1.29, 1.82) is 0 Å². The Labute approximate surface area is 74.2 Å². The van der Waals surface area contributed by atoms with Gasteiger partial charge in [0.15, 0.2) is 0 Å². The van der Waals surface area contributed by atoms with Crippen molar-refractivity contribution in [2.75, 3.05) is 7.11 Å². The molecule has 0 spiro atoms. The average molecular weight is 206 g/mol. The Morgan fingerprint density at radius 1 is 1.54 bits per heavy atom. The van der Waals surface area contributed by atoms with E-state index in [-0.39, 0.29) is 0 Å². The highest BCUT2D eigenvalue weighted by molar-refractivity contribution is 7.87. The van der Waals surface area contributed by atoms with Crippen LogP contribution in [0.4, 0.5) is 4.79 Å². The zero-order valence-corrected chi connectivity index (χ0v) is 7.41. The molecule has 1 aromatic rings. The number of hydrogen-bond acceptors (Lipinski definition) is 6. The molecule has 1 rings (SSSR count). The smallest absolute Gasteiger partial charge is 0.450 e. The van der Waals surface area contributed by atoms with Gasteiger partial charge in [0.25, 0.3) is 5.09 Å². The number of hydrogen-bond donors (Lipinski definition) is 0. The standard InChI is InChI=1S/C6H6O6S/c1-10-6(7)12-13(8,9)5-3-2-4-11-5/h2-4H,1H3. The molecule has 0 saturated carbocycles. The van der Waals surface area contributed by atoms with Gasteiger partial charge in [-0.25, -0.2) is 4.79 Å². The molecule has 0 aliphatic carbocycles. The van der Waals surface area contributed by atoms with E-state index in [1.807, 2.05) is 0 Å². The Morgan fingerprint density at radius 2 is 2.23 bits per heavy atom. The first kappa shape index (κ1) is 9.59. The summed E-state index contributed by atoms with van der Waals surface area (Å²) in [5.74, 6) is 0. The molecule has 0 saturated heterocycles. The van der Waals surface area contributed by atoms with Crippen molar-refractivity contribution in [2.24, 2.45) is 0 Å². The van der Waals surface area contributed by atoms with Crippen molar-refractivity contribution in [3.05, 3.63) is 18.4 Å². The molecule has 0 unspecified atom stereocenters. The van der Waals surface area contributed by atoms with Gasteiger partial charge in [0, 0.05) is 0 Å². The van der Waals surface area contributed by atoms with Crippen LogP contribution < -0.4 is 0 Å². The Hall–Kier alpha value is -1.50. The van der Waals surface area contributed by atoms with Gasteiger partial charge in [0.05, 0.1) is 13.4 Å². The minimum atomic E-state index is -4.17. The third-order valence-electron chi connectivity index (χ3n) is 1.09. The van der Waals surface area contributed by atoms with Crippen LogP contribution in [0.2, 0.25) is 0 Å². The monoisotopic (exact) mass is 206 g/mol. The van der Waals surface area contributed by atoms with E-state index in [0.717, 1.165) is 19.4 Å². The molecule has 1 aromatic heterocycles. The molecular formula is C6H6O6S. The van der Waals surface area contributed by atoms with E-state index in [1.54, 1.807) is 0 Å². The van der Waals surface area contributed by atoms with Gasteiger partial charge in [-0.15, -0.1) is 0 Å². The van der Waals surface area contributed by atoms with Gasteiger partial charge in [-0.05, 0) is 12.1 Å². The van der Waals surface area contributed by atoms with Crippen LogP contribution in [-0.4, -0.2) is 21.7 Å². The zero-order valence-electron chi connectivity index (χ0n) is 6.59. The number of rotatable bonds is 2. The van der Waals surface area contributed by atoms with E-state index in [2.05, 4.69) is 13.3 Å². The maximum atomic E-state index is 11.0. The molecule has 0 radical (unpaired) electrons. The van der Waals surface area contributed by atoms with Crippen molar-refractivity contribution < 1.29 is 26.5 Å². The lowest BCUT2D eigenvalue weighted by molar-refractivity contribution is 0.123. The van der Waals surface area contributed by atoms with Crippen LogP contribution in [-0.2, 0) is 19.0 Å². The fourth-order valence-electron chi connectivity index (χ4n) is 0.570. The van der Waals surface area contributed by atoms with Crippen molar-refractivity contribution in [3.8, 4) is 0 Å². The minimum Gasteiger partial charge on any atom is -0.450 e. The van der Waals surface area contributed by atoms with Crippen LogP contribution in [0.3, 0.4) is 0 Å². The van der Waals surface area contributed by atoms with E-state index in [0.29, 0.717) is 0 Å². The van der Waals surface area contributed by atoms with Gasteiger partial charge in [-0.2, -0.15) is 8.42 Å². The predicted molar refractivity (Wildman–Crippen MR) is 39.4 cm³/mol. The second kappa shape index (κ2) is 3.48. The summed E-state index contributed by atoms with van der Waals surface area (Å²) in [5.41, 5.74) is 0. The van der Waals surface area contributed by atoms with Crippen molar-refractivity contribution >= 4 is 16.3 Å². The fourth-order valence-corrected chi connectivity index (χ4v) is 1.32. The molecule has 7 heteroatoms. The second-order valence-electron chi connectivity index (χ2n) is 1.92. The highest BCUT2D eigenvalue weighted by atomic mass is 32.2. The summed E-state index contributed by atoms with van der Waals surface area (Å²) in [5, 5.41) is -0.446. The third-order valence-corrected chi connectivity index (χ3v) is 2.17. The number of furan rings is 1. The Morgan fingerprint density at radius 3 is 2.69 bits per heavy atom. The van der Waals surface area contributed by atoms with Crippen LogP contribution in [0.25, 0.3) is 0 Å². The summed E-state index contributed by atoms with van der Waals surface area (Å²) in [6, 6.07) is 2.51. The SMILES string of the molecule is COC(=O)OS(=O)(=O)c1ccco1.